The zero-order valence-corrected chi connectivity index (χ0v) is 15.7. The summed E-state index contributed by atoms with van der Waals surface area (Å²) < 4.78 is 7.05. The minimum absolute atomic E-state index is 0.00775. The molecule has 8 heteroatoms. The average Bonchev–Trinajstić information content (AvgIpc) is 3.44. The third kappa shape index (κ3) is 3.53. The van der Waals surface area contributed by atoms with Crippen molar-refractivity contribution >= 4 is 5.91 Å². The summed E-state index contributed by atoms with van der Waals surface area (Å²) in [5.41, 5.74) is 1.20. The predicted octanol–water partition coefficient (Wildman–Crippen LogP) is 2.33. The van der Waals surface area contributed by atoms with Crippen molar-refractivity contribution in [1.82, 2.24) is 25.1 Å². The van der Waals surface area contributed by atoms with Gasteiger partial charge < -0.3 is 15.0 Å². The van der Waals surface area contributed by atoms with Gasteiger partial charge in [-0.25, -0.2) is 9.67 Å². The monoisotopic (exact) mass is 379 g/mol. The molecule has 3 aromatic rings. The summed E-state index contributed by atoms with van der Waals surface area (Å²) in [5, 5.41) is 7.18. The summed E-state index contributed by atoms with van der Waals surface area (Å²) in [7, 11) is 1.60. The van der Waals surface area contributed by atoms with Crippen molar-refractivity contribution in [3.8, 4) is 11.4 Å². The van der Waals surface area contributed by atoms with E-state index in [-0.39, 0.29) is 11.6 Å². The molecule has 1 fully saturated rings. The number of hydrogen-bond acceptors (Lipinski definition) is 5. The van der Waals surface area contributed by atoms with Gasteiger partial charge in [0.25, 0.3) is 11.5 Å². The van der Waals surface area contributed by atoms with Gasteiger partial charge in [0.05, 0.1) is 19.3 Å². The number of H-pyrrole nitrogens is 1. The summed E-state index contributed by atoms with van der Waals surface area (Å²) in [6.07, 6.45) is 6.91. The molecule has 8 nitrogen and oxygen atoms in total. The lowest BCUT2D eigenvalue weighted by molar-refractivity contribution is 0.0938. The van der Waals surface area contributed by atoms with E-state index in [0.717, 1.165) is 24.1 Å². The van der Waals surface area contributed by atoms with Crippen LogP contribution in [0.4, 0.5) is 0 Å². The third-order valence-corrected chi connectivity index (χ3v) is 4.81. The van der Waals surface area contributed by atoms with Crippen molar-refractivity contribution in [3.05, 3.63) is 70.2 Å². The lowest BCUT2D eigenvalue weighted by Crippen LogP contribution is -2.32. The molecule has 0 saturated heterocycles. The largest absolute Gasteiger partial charge is 0.494 e. The van der Waals surface area contributed by atoms with Crippen LogP contribution in [0.5, 0.6) is 5.75 Å². The Bertz CT molecular complexity index is 1070. The van der Waals surface area contributed by atoms with E-state index >= 15 is 0 Å². The van der Waals surface area contributed by atoms with E-state index in [2.05, 4.69) is 20.4 Å². The Balaban J connectivity index is 1.49. The molecule has 28 heavy (non-hydrogen) atoms. The van der Waals surface area contributed by atoms with Gasteiger partial charge in [-0.1, -0.05) is 12.1 Å². The molecule has 0 bridgehead atoms. The Morgan fingerprint density at radius 2 is 2.11 bits per heavy atom. The minimum Gasteiger partial charge on any atom is -0.494 e. The molecule has 1 aromatic carbocycles. The SMILES string of the molecule is COc1ccccc1-n1cc(C(C)NC(=O)c2cnc(C3CC3)[nH]c2=O)cn1. The fourth-order valence-corrected chi connectivity index (χ4v) is 3.00. The van der Waals surface area contributed by atoms with Gasteiger partial charge in [0, 0.05) is 23.9 Å². The zero-order valence-electron chi connectivity index (χ0n) is 15.7. The number of methoxy groups -OCH3 is 1. The molecule has 1 aliphatic carbocycles. The van der Waals surface area contributed by atoms with Gasteiger partial charge in [-0.05, 0) is 31.9 Å². The zero-order chi connectivity index (χ0) is 19.7. The van der Waals surface area contributed by atoms with Gasteiger partial charge in [0.1, 0.15) is 22.8 Å². The molecular formula is C20H21N5O3. The fraction of sp³-hybridized carbons (Fsp3) is 0.300. The van der Waals surface area contributed by atoms with Crippen LogP contribution in [0, 0.1) is 0 Å². The first kappa shape index (κ1) is 18.0. The van der Waals surface area contributed by atoms with Gasteiger partial charge in [-0.2, -0.15) is 5.10 Å². The van der Waals surface area contributed by atoms with Crippen molar-refractivity contribution in [2.24, 2.45) is 0 Å². The number of nitrogens with zero attached hydrogens (tertiary/aromatic N) is 3. The first-order valence-electron chi connectivity index (χ1n) is 9.15. The Morgan fingerprint density at radius 3 is 2.82 bits per heavy atom. The predicted molar refractivity (Wildman–Crippen MR) is 103 cm³/mol. The van der Waals surface area contributed by atoms with E-state index in [0.29, 0.717) is 17.5 Å². The maximum atomic E-state index is 12.5. The molecule has 0 spiro atoms. The molecule has 4 rings (SSSR count). The highest BCUT2D eigenvalue weighted by Gasteiger charge is 2.27. The average molecular weight is 379 g/mol. The molecule has 1 aliphatic rings. The van der Waals surface area contributed by atoms with Crippen LogP contribution in [0.15, 0.2) is 47.7 Å². The Hall–Kier alpha value is -3.42. The molecule has 1 saturated carbocycles. The molecule has 2 aromatic heterocycles. The molecule has 1 amide bonds. The number of rotatable bonds is 6. The topological polar surface area (TPSA) is 102 Å². The minimum atomic E-state index is -0.464. The standard InChI is InChI=1S/C20H21N5O3/c1-12(14-9-22-25(11-14)16-5-3-4-6-17(16)28-2)23-19(26)15-10-21-18(13-7-8-13)24-20(15)27/h3-6,9-13H,7-8H2,1-2H3,(H,23,26)(H,21,24,27). The number of carbonyl (C=O) groups is 1. The molecule has 2 heterocycles. The number of nitrogens with one attached hydrogen (secondary N) is 2. The van der Waals surface area contributed by atoms with Crippen molar-refractivity contribution < 1.29 is 9.53 Å². The second-order valence-electron chi connectivity index (χ2n) is 6.87. The maximum Gasteiger partial charge on any atom is 0.263 e. The summed E-state index contributed by atoms with van der Waals surface area (Å²) in [5.74, 6) is 1.22. The number of amides is 1. The van der Waals surface area contributed by atoms with Gasteiger partial charge >= 0.3 is 0 Å². The summed E-state index contributed by atoms with van der Waals surface area (Å²) in [6.45, 7) is 1.83. The fourth-order valence-electron chi connectivity index (χ4n) is 3.00. The van der Waals surface area contributed by atoms with E-state index in [4.69, 9.17) is 4.74 Å². The highest BCUT2D eigenvalue weighted by atomic mass is 16.5. The second-order valence-corrected chi connectivity index (χ2v) is 6.87. The Morgan fingerprint density at radius 1 is 1.32 bits per heavy atom. The second kappa shape index (κ2) is 7.30. The quantitative estimate of drug-likeness (QED) is 0.684. The van der Waals surface area contributed by atoms with E-state index < -0.39 is 11.5 Å². The molecule has 144 valence electrons. The van der Waals surface area contributed by atoms with Gasteiger partial charge in [-0.3, -0.25) is 9.59 Å². The van der Waals surface area contributed by atoms with Crippen LogP contribution in [0.2, 0.25) is 0 Å². The van der Waals surface area contributed by atoms with E-state index in [1.165, 1.54) is 6.20 Å². The number of ether oxygens (including phenoxy) is 1. The normalized spacial score (nSPS) is 14.5. The van der Waals surface area contributed by atoms with Crippen molar-refractivity contribution in [1.29, 1.82) is 0 Å². The summed E-state index contributed by atoms with van der Waals surface area (Å²) in [6, 6.07) is 7.20. The maximum absolute atomic E-state index is 12.5. The number of aromatic nitrogens is 4. The molecule has 1 unspecified atom stereocenters. The summed E-state index contributed by atoms with van der Waals surface area (Å²) in [4.78, 5) is 31.6. The first-order valence-corrected chi connectivity index (χ1v) is 9.15. The Kier molecular flexibility index (Phi) is 4.68. The molecule has 1 atom stereocenters. The first-order chi connectivity index (χ1) is 13.6. The van der Waals surface area contributed by atoms with Crippen molar-refractivity contribution in [2.45, 2.75) is 31.7 Å². The van der Waals surface area contributed by atoms with Gasteiger partial charge in [-0.15, -0.1) is 0 Å². The molecule has 0 aliphatic heterocycles. The van der Waals surface area contributed by atoms with E-state index in [1.807, 2.05) is 37.4 Å². The number of benzene rings is 1. The lowest BCUT2D eigenvalue weighted by Gasteiger charge is -2.12. The van der Waals surface area contributed by atoms with Gasteiger partial charge in [0.15, 0.2) is 0 Å². The third-order valence-electron chi connectivity index (χ3n) is 4.81. The molecular weight excluding hydrogens is 358 g/mol. The van der Waals surface area contributed by atoms with Crippen LogP contribution < -0.4 is 15.6 Å². The molecule has 0 radical (unpaired) electrons. The smallest absolute Gasteiger partial charge is 0.263 e. The van der Waals surface area contributed by atoms with Crippen LogP contribution in [-0.4, -0.2) is 32.8 Å². The Labute approximate surface area is 161 Å². The van der Waals surface area contributed by atoms with E-state index in [9.17, 15) is 9.59 Å². The van der Waals surface area contributed by atoms with Gasteiger partial charge in [0.2, 0.25) is 0 Å². The van der Waals surface area contributed by atoms with Crippen LogP contribution in [0.25, 0.3) is 5.69 Å². The summed E-state index contributed by atoms with van der Waals surface area (Å²) >= 11 is 0. The van der Waals surface area contributed by atoms with E-state index in [1.54, 1.807) is 18.0 Å². The van der Waals surface area contributed by atoms with Crippen LogP contribution in [-0.2, 0) is 0 Å². The van der Waals surface area contributed by atoms with Crippen LogP contribution in [0.3, 0.4) is 0 Å². The number of para-hydroxylation sites is 2. The number of aromatic amines is 1. The lowest BCUT2D eigenvalue weighted by atomic mass is 10.2. The highest BCUT2D eigenvalue weighted by molar-refractivity contribution is 5.93. The highest BCUT2D eigenvalue weighted by Crippen LogP contribution is 2.37. The van der Waals surface area contributed by atoms with Crippen molar-refractivity contribution in [3.63, 3.8) is 0 Å². The number of carbonyl (C=O) groups excluding carboxylic acids is 1. The van der Waals surface area contributed by atoms with Crippen LogP contribution in [0.1, 0.15) is 53.5 Å². The van der Waals surface area contributed by atoms with Crippen molar-refractivity contribution in [2.75, 3.05) is 7.11 Å². The number of hydrogen-bond donors (Lipinski definition) is 2. The molecule has 2 N–H and O–H groups in total. The van der Waals surface area contributed by atoms with Crippen LogP contribution >= 0.6 is 0 Å².